The fourth-order valence-corrected chi connectivity index (χ4v) is 1.35. The zero-order chi connectivity index (χ0) is 7.84. The van der Waals surface area contributed by atoms with E-state index in [1.807, 2.05) is 6.07 Å². The summed E-state index contributed by atoms with van der Waals surface area (Å²) in [5.41, 5.74) is 7.14. The van der Waals surface area contributed by atoms with Gasteiger partial charge in [0, 0.05) is 9.77 Å². The van der Waals surface area contributed by atoms with E-state index in [-0.39, 0.29) is 0 Å². The minimum atomic E-state index is 0.455. The van der Waals surface area contributed by atoms with E-state index in [0.717, 1.165) is 14.6 Å². The van der Waals surface area contributed by atoms with Gasteiger partial charge in [-0.2, -0.15) is 5.10 Å². The number of nitrogens with zero attached hydrogens (tertiary/aromatic N) is 2. The number of fused-ring (bicyclic) bond motifs is 1. The van der Waals surface area contributed by atoms with E-state index in [2.05, 4.69) is 37.8 Å². The number of hydrogen-bond donors (Lipinski definition) is 2. The van der Waals surface area contributed by atoms with Crippen LogP contribution in [0.15, 0.2) is 12.3 Å². The minimum Gasteiger partial charge on any atom is -0.380 e. The maximum absolute atomic E-state index is 5.52. The molecule has 0 unspecified atom stereocenters. The van der Waals surface area contributed by atoms with Crippen molar-refractivity contribution in [1.29, 1.82) is 0 Å². The van der Waals surface area contributed by atoms with E-state index < -0.39 is 0 Å². The quantitative estimate of drug-likeness (QED) is 0.698. The van der Waals surface area contributed by atoms with E-state index in [4.69, 9.17) is 5.73 Å². The van der Waals surface area contributed by atoms with Crippen LogP contribution in [0.3, 0.4) is 0 Å². The number of nitrogens with two attached hydrogens (primary N) is 1. The van der Waals surface area contributed by atoms with Gasteiger partial charge in [-0.05, 0) is 28.7 Å². The second-order valence-corrected chi connectivity index (χ2v) is 3.40. The van der Waals surface area contributed by atoms with Crippen molar-refractivity contribution in [3.8, 4) is 0 Å². The smallest absolute Gasteiger partial charge is 0.171 e. The summed E-state index contributed by atoms with van der Waals surface area (Å²) in [5.74, 6) is 0.455. The third-order valence-electron chi connectivity index (χ3n) is 1.39. The molecule has 0 aliphatic rings. The van der Waals surface area contributed by atoms with Gasteiger partial charge in [0.05, 0.1) is 5.52 Å². The highest BCUT2D eigenvalue weighted by molar-refractivity contribution is 14.1. The van der Waals surface area contributed by atoms with Crippen molar-refractivity contribution in [2.75, 3.05) is 5.73 Å². The summed E-state index contributed by atoms with van der Waals surface area (Å²) in [7, 11) is 0. The zero-order valence-electron chi connectivity index (χ0n) is 5.50. The second kappa shape index (κ2) is 2.33. The molecule has 0 aromatic carbocycles. The van der Waals surface area contributed by atoms with Crippen LogP contribution in [0.1, 0.15) is 0 Å². The Morgan fingerprint density at radius 3 is 3.18 bits per heavy atom. The van der Waals surface area contributed by atoms with Crippen molar-refractivity contribution in [1.82, 2.24) is 15.2 Å². The molecular weight excluding hydrogens is 255 g/mol. The van der Waals surface area contributed by atoms with Crippen LogP contribution in [0.4, 0.5) is 5.82 Å². The Kier molecular flexibility index (Phi) is 1.45. The number of nitrogens with one attached hydrogen (secondary N) is 1. The average Bonchev–Trinajstić information content (AvgIpc) is 2.32. The average molecular weight is 260 g/mol. The SMILES string of the molecule is Nc1n[nH]c2cc(I)cnc12. The summed E-state index contributed by atoms with van der Waals surface area (Å²) in [6, 6.07) is 1.95. The number of anilines is 1. The first kappa shape index (κ1) is 6.84. The molecule has 5 heteroatoms. The van der Waals surface area contributed by atoms with Crippen LogP contribution in [0.2, 0.25) is 0 Å². The first-order chi connectivity index (χ1) is 5.27. The van der Waals surface area contributed by atoms with Gasteiger partial charge in [-0.25, -0.2) is 4.98 Å². The molecule has 2 aromatic heterocycles. The highest BCUT2D eigenvalue weighted by Gasteiger charge is 2.01. The maximum Gasteiger partial charge on any atom is 0.171 e. The van der Waals surface area contributed by atoms with Gasteiger partial charge in [0.2, 0.25) is 0 Å². The van der Waals surface area contributed by atoms with Gasteiger partial charge in [0.1, 0.15) is 5.52 Å². The van der Waals surface area contributed by atoms with Crippen molar-refractivity contribution in [2.45, 2.75) is 0 Å². The highest BCUT2D eigenvalue weighted by Crippen LogP contribution is 2.16. The number of aromatic nitrogens is 3. The van der Waals surface area contributed by atoms with E-state index in [9.17, 15) is 0 Å². The van der Waals surface area contributed by atoms with E-state index in [0.29, 0.717) is 5.82 Å². The molecule has 0 spiro atoms. The molecule has 0 amide bonds. The van der Waals surface area contributed by atoms with E-state index >= 15 is 0 Å². The molecule has 4 nitrogen and oxygen atoms in total. The fourth-order valence-electron chi connectivity index (χ4n) is 0.902. The Morgan fingerprint density at radius 2 is 2.36 bits per heavy atom. The van der Waals surface area contributed by atoms with Crippen LogP contribution in [0.5, 0.6) is 0 Å². The Morgan fingerprint density at radius 1 is 1.55 bits per heavy atom. The number of hydrogen-bond acceptors (Lipinski definition) is 3. The predicted molar refractivity (Wildman–Crippen MR) is 51.0 cm³/mol. The van der Waals surface area contributed by atoms with Gasteiger partial charge in [-0.1, -0.05) is 0 Å². The fraction of sp³-hybridized carbons (Fsp3) is 0. The lowest BCUT2D eigenvalue weighted by atomic mass is 10.4. The molecule has 0 atom stereocenters. The standard InChI is InChI=1S/C6H5IN4/c7-3-1-4-5(9-2-3)6(8)11-10-4/h1-2H,(H3,8,10,11). The van der Waals surface area contributed by atoms with E-state index in [1.165, 1.54) is 0 Å². The Bertz CT molecular complexity index is 394. The van der Waals surface area contributed by atoms with Crippen LogP contribution < -0.4 is 5.73 Å². The minimum absolute atomic E-state index is 0.455. The largest absolute Gasteiger partial charge is 0.380 e. The summed E-state index contributed by atoms with van der Waals surface area (Å²) < 4.78 is 1.07. The lowest BCUT2D eigenvalue weighted by Gasteiger charge is -1.88. The zero-order valence-corrected chi connectivity index (χ0v) is 7.66. The summed E-state index contributed by atoms with van der Waals surface area (Å²) in [4.78, 5) is 4.11. The van der Waals surface area contributed by atoms with Gasteiger partial charge in [0.15, 0.2) is 5.82 Å². The molecule has 11 heavy (non-hydrogen) atoms. The lowest BCUT2D eigenvalue weighted by molar-refractivity contribution is 1.13. The maximum atomic E-state index is 5.52. The number of H-pyrrole nitrogens is 1. The molecule has 0 aliphatic carbocycles. The first-order valence-corrected chi connectivity index (χ1v) is 4.10. The molecule has 3 N–H and O–H groups in total. The molecular formula is C6H5IN4. The second-order valence-electron chi connectivity index (χ2n) is 2.16. The monoisotopic (exact) mass is 260 g/mol. The van der Waals surface area contributed by atoms with Crippen LogP contribution >= 0.6 is 22.6 Å². The van der Waals surface area contributed by atoms with Crippen molar-refractivity contribution in [2.24, 2.45) is 0 Å². The summed E-state index contributed by atoms with van der Waals surface area (Å²) in [5, 5.41) is 6.61. The predicted octanol–water partition coefficient (Wildman–Crippen LogP) is 1.14. The number of halogens is 1. The molecule has 0 aliphatic heterocycles. The van der Waals surface area contributed by atoms with Gasteiger partial charge < -0.3 is 5.73 Å². The van der Waals surface area contributed by atoms with Gasteiger partial charge in [-0.3, -0.25) is 5.10 Å². The van der Waals surface area contributed by atoms with Crippen LogP contribution in [0.25, 0.3) is 11.0 Å². The first-order valence-electron chi connectivity index (χ1n) is 3.02. The lowest BCUT2D eigenvalue weighted by Crippen LogP contribution is -1.85. The highest BCUT2D eigenvalue weighted by atomic mass is 127. The van der Waals surface area contributed by atoms with Crippen LogP contribution in [-0.4, -0.2) is 15.2 Å². The summed E-state index contributed by atoms with van der Waals surface area (Å²) >= 11 is 2.19. The van der Waals surface area contributed by atoms with Gasteiger partial charge in [0.25, 0.3) is 0 Å². The van der Waals surface area contributed by atoms with Crippen molar-refractivity contribution >= 4 is 39.4 Å². The molecule has 0 radical (unpaired) electrons. The number of nitrogen functional groups attached to an aromatic ring is 1. The molecule has 2 aromatic rings. The Labute approximate surface area is 76.3 Å². The number of aromatic amines is 1. The molecule has 0 saturated carbocycles. The van der Waals surface area contributed by atoms with E-state index in [1.54, 1.807) is 6.20 Å². The van der Waals surface area contributed by atoms with Crippen molar-refractivity contribution in [3.05, 3.63) is 15.8 Å². The third kappa shape index (κ3) is 1.05. The molecule has 0 saturated heterocycles. The number of rotatable bonds is 0. The topological polar surface area (TPSA) is 67.6 Å². The summed E-state index contributed by atoms with van der Waals surface area (Å²) in [6.45, 7) is 0. The van der Waals surface area contributed by atoms with Crippen molar-refractivity contribution in [3.63, 3.8) is 0 Å². The number of pyridine rings is 1. The molecule has 0 fully saturated rings. The van der Waals surface area contributed by atoms with Crippen molar-refractivity contribution < 1.29 is 0 Å². The molecule has 2 rings (SSSR count). The Balaban J connectivity index is 2.86. The normalized spacial score (nSPS) is 10.6. The molecule has 0 bridgehead atoms. The van der Waals surface area contributed by atoms with Crippen LogP contribution in [0, 0.1) is 3.57 Å². The molecule has 2 heterocycles. The Hall–Kier alpha value is -0.850. The van der Waals surface area contributed by atoms with Crippen LogP contribution in [-0.2, 0) is 0 Å². The summed E-state index contributed by atoms with van der Waals surface area (Å²) in [6.07, 6.45) is 1.76. The van der Waals surface area contributed by atoms with Gasteiger partial charge >= 0.3 is 0 Å². The van der Waals surface area contributed by atoms with Gasteiger partial charge in [-0.15, -0.1) is 0 Å². The molecule has 56 valence electrons. The third-order valence-corrected chi connectivity index (χ3v) is 1.98.